The third-order valence-electron chi connectivity index (χ3n) is 16.7. The Bertz CT molecular complexity index is 1940. The van der Waals surface area contributed by atoms with Crippen molar-refractivity contribution in [3.63, 3.8) is 0 Å². The van der Waals surface area contributed by atoms with Gasteiger partial charge in [0.15, 0.2) is 17.7 Å². The molecular formula is C42H55NO8. The van der Waals surface area contributed by atoms with Crippen molar-refractivity contribution >= 4 is 16.7 Å². The Morgan fingerprint density at radius 3 is 2.22 bits per heavy atom. The highest BCUT2D eigenvalue weighted by atomic mass is 16.8. The monoisotopic (exact) mass is 701 g/mol. The lowest BCUT2D eigenvalue weighted by Crippen LogP contribution is -2.77. The van der Waals surface area contributed by atoms with Crippen LogP contribution in [0.3, 0.4) is 0 Å². The first kappa shape index (κ1) is 32.6. The molecule has 11 rings (SSSR count). The number of aromatic nitrogens is 1. The van der Waals surface area contributed by atoms with E-state index in [4.69, 9.17) is 28.4 Å². The first-order valence-electron chi connectivity index (χ1n) is 19.7. The second-order valence-corrected chi connectivity index (χ2v) is 20.5. The van der Waals surface area contributed by atoms with Crippen LogP contribution in [0, 0.1) is 23.2 Å². The third-order valence-corrected chi connectivity index (χ3v) is 16.7. The lowest BCUT2D eigenvalue weighted by Gasteiger charge is -2.66. The molecule has 2 aromatic rings. The Balaban J connectivity index is 0.995. The topological polar surface area (TPSA) is 115 Å². The third kappa shape index (κ3) is 3.50. The van der Waals surface area contributed by atoms with Gasteiger partial charge >= 0.3 is 0 Å². The van der Waals surface area contributed by atoms with Gasteiger partial charge in [0.05, 0.1) is 34.4 Å². The lowest BCUT2D eigenvalue weighted by molar-refractivity contribution is -0.356. The summed E-state index contributed by atoms with van der Waals surface area (Å²) in [5, 5.41) is 14.7. The Kier molecular flexibility index (Phi) is 5.74. The fourth-order valence-electron chi connectivity index (χ4n) is 14.1. The maximum absolute atomic E-state index is 14.3. The number of epoxide rings is 2. The van der Waals surface area contributed by atoms with Crippen LogP contribution in [-0.2, 0) is 46.7 Å². The summed E-state index contributed by atoms with van der Waals surface area (Å²) in [6, 6.07) is 4.19. The smallest absolute Gasteiger partial charge is 0.187 e. The van der Waals surface area contributed by atoms with Crippen molar-refractivity contribution in [1.82, 2.24) is 4.98 Å². The van der Waals surface area contributed by atoms with Crippen LogP contribution in [0.25, 0.3) is 10.9 Å². The number of aromatic amines is 1. The van der Waals surface area contributed by atoms with Crippen molar-refractivity contribution in [3.05, 3.63) is 34.5 Å². The molecule has 4 unspecified atom stereocenters. The summed E-state index contributed by atoms with van der Waals surface area (Å²) in [6.45, 7) is 21.5. The van der Waals surface area contributed by atoms with Crippen LogP contribution >= 0.6 is 0 Å². The van der Waals surface area contributed by atoms with Gasteiger partial charge in [-0.15, -0.1) is 0 Å². The molecule has 51 heavy (non-hydrogen) atoms. The van der Waals surface area contributed by atoms with E-state index in [-0.39, 0.29) is 59.2 Å². The first-order valence-corrected chi connectivity index (χ1v) is 19.7. The summed E-state index contributed by atoms with van der Waals surface area (Å²) >= 11 is 0. The zero-order valence-corrected chi connectivity index (χ0v) is 31.9. The van der Waals surface area contributed by atoms with E-state index in [2.05, 4.69) is 86.4 Å². The molecule has 276 valence electrons. The van der Waals surface area contributed by atoms with Gasteiger partial charge in [-0.1, -0.05) is 13.8 Å². The molecule has 2 saturated carbocycles. The van der Waals surface area contributed by atoms with E-state index >= 15 is 0 Å². The fourth-order valence-corrected chi connectivity index (χ4v) is 14.1. The standard InChI is InChI=1S/C42H55NO8/c1-35(2)23-18-21-20(28(44)27(23)36(3,4)51-35)11-12-24-26(21)22-17-19-13-16-41(45)39(9,40(19,10)30(22)43-24)15-14-25-42(41)32(49-42)29-31(46-25)37(5,6)50-34(47-29)33-38(7,8)48-33/h11-12,19,23,25,27,29,31-34,43,45H,13-18H2,1-10H3/t19-,23?,25?,27?,29+,31-,32+,33?,34-,39+,40+,41-,42-/m0/s1. The molecule has 0 bridgehead atoms. The SMILES string of the molecule is CC1(C)OC(C)(C)C2C(=O)c3ccc4[nH]c5c(c4c3CC21)C[C@@H]1CC[C@]2(O)[C@](C)(CCC3O[C@H]4[C@@H](O[C@H](C6OC6(C)C)OC4(C)C)[C@H]4O[C@@]342)[C@@]51C. The van der Waals surface area contributed by atoms with Gasteiger partial charge in [0.2, 0.25) is 0 Å². The highest BCUT2D eigenvalue weighted by molar-refractivity contribution is 6.06. The number of hydrogen-bond donors (Lipinski definition) is 2. The molecule has 1 spiro atoms. The number of Topliss-reactive ketones (excluding diaryl/α,β-unsaturated/α-hetero) is 1. The molecule has 9 heteroatoms. The van der Waals surface area contributed by atoms with Crippen LogP contribution in [0.15, 0.2) is 12.1 Å². The summed E-state index contributed by atoms with van der Waals surface area (Å²) in [5.41, 5.74) is 1.15. The molecule has 5 aliphatic heterocycles. The molecule has 9 nitrogen and oxygen atoms in total. The summed E-state index contributed by atoms with van der Waals surface area (Å²) in [4.78, 5) is 18.3. The number of carbonyl (C=O) groups excluding carboxylic acids is 1. The zero-order chi connectivity index (χ0) is 35.8. The first-order chi connectivity index (χ1) is 23.7. The van der Waals surface area contributed by atoms with Crippen molar-refractivity contribution < 1.29 is 38.3 Å². The number of benzene rings is 1. The number of H-pyrrole nitrogens is 1. The summed E-state index contributed by atoms with van der Waals surface area (Å²) in [5.74, 6) is 0.550. The average Bonchev–Trinajstić information content (AvgIpc) is 3.83. The summed E-state index contributed by atoms with van der Waals surface area (Å²) in [7, 11) is 0. The summed E-state index contributed by atoms with van der Waals surface area (Å²) in [6.07, 6.45) is 3.08. The molecule has 0 amide bonds. The Morgan fingerprint density at radius 1 is 0.765 bits per heavy atom. The van der Waals surface area contributed by atoms with E-state index in [0.29, 0.717) is 12.3 Å². The minimum absolute atomic E-state index is 0.119. The number of aliphatic hydroxyl groups is 1. The van der Waals surface area contributed by atoms with Gasteiger partial charge in [-0.3, -0.25) is 4.79 Å². The lowest BCUT2D eigenvalue weighted by atomic mass is 9.40. The van der Waals surface area contributed by atoms with Crippen molar-refractivity contribution in [2.24, 2.45) is 23.2 Å². The van der Waals surface area contributed by atoms with Gasteiger partial charge in [-0.05, 0) is 123 Å². The van der Waals surface area contributed by atoms with Crippen molar-refractivity contribution in [1.29, 1.82) is 0 Å². The Morgan fingerprint density at radius 2 is 1.49 bits per heavy atom. The van der Waals surface area contributed by atoms with Crippen molar-refractivity contribution in [2.75, 3.05) is 0 Å². The van der Waals surface area contributed by atoms with Gasteiger partial charge in [0, 0.05) is 38.9 Å². The van der Waals surface area contributed by atoms with Gasteiger partial charge in [0.25, 0.3) is 0 Å². The van der Waals surface area contributed by atoms with Crippen LogP contribution in [-0.4, -0.2) is 86.3 Å². The number of nitrogens with one attached hydrogen (secondary N) is 1. The highest BCUT2D eigenvalue weighted by Gasteiger charge is 2.87. The molecule has 5 saturated heterocycles. The van der Waals surface area contributed by atoms with Crippen molar-refractivity contribution in [3.8, 4) is 0 Å². The van der Waals surface area contributed by atoms with Gasteiger partial charge in [-0.25, -0.2) is 0 Å². The average molecular weight is 702 g/mol. The van der Waals surface area contributed by atoms with E-state index < -0.39 is 39.7 Å². The van der Waals surface area contributed by atoms with E-state index in [9.17, 15) is 9.90 Å². The molecule has 4 aliphatic carbocycles. The van der Waals surface area contributed by atoms with Crippen LogP contribution in [0.4, 0.5) is 0 Å². The number of rotatable bonds is 1. The second kappa shape index (κ2) is 8.98. The fraction of sp³-hybridized carbons (Fsp3) is 0.786. The molecular weight excluding hydrogens is 646 g/mol. The van der Waals surface area contributed by atoms with E-state index in [1.165, 1.54) is 22.2 Å². The predicted molar refractivity (Wildman–Crippen MR) is 188 cm³/mol. The number of hydrogen-bond acceptors (Lipinski definition) is 8. The van der Waals surface area contributed by atoms with E-state index in [0.717, 1.165) is 43.2 Å². The number of carbonyl (C=O) groups is 1. The molecule has 2 N–H and O–H groups in total. The van der Waals surface area contributed by atoms with Crippen LogP contribution in [0.2, 0.25) is 0 Å². The van der Waals surface area contributed by atoms with Crippen molar-refractivity contribution in [2.45, 2.75) is 184 Å². The second-order valence-electron chi connectivity index (χ2n) is 20.5. The molecule has 0 radical (unpaired) electrons. The normalized spacial score (nSPS) is 51.3. The Labute approximate surface area is 300 Å². The molecule has 13 atom stereocenters. The maximum atomic E-state index is 14.3. The molecule has 9 aliphatic rings. The zero-order valence-electron chi connectivity index (χ0n) is 31.9. The van der Waals surface area contributed by atoms with E-state index in [1.54, 1.807) is 0 Å². The van der Waals surface area contributed by atoms with Crippen LogP contribution in [0.5, 0.6) is 0 Å². The maximum Gasteiger partial charge on any atom is 0.187 e. The minimum Gasteiger partial charge on any atom is -0.386 e. The molecule has 6 heterocycles. The van der Waals surface area contributed by atoms with E-state index in [1.807, 2.05) is 0 Å². The Hall–Kier alpha value is -1.85. The number of ether oxygens (including phenoxy) is 6. The van der Waals surface area contributed by atoms with Crippen LogP contribution < -0.4 is 0 Å². The summed E-state index contributed by atoms with van der Waals surface area (Å²) < 4.78 is 39.7. The van der Waals surface area contributed by atoms with Gasteiger partial charge < -0.3 is 38.5 Å². The number of ketones is 1. The largest absolute Gasteiger partial charge is 0.386 e. The quantitative estimate of drug-likeness (QED) is 0.344. The molecule has 1 aromatic carbocycles. The van der Waals surface area contributed by atoms with Gasteiger partial charge in [0.1, 0.15) is 30.0 Å². The highest BCUT2D eigenvalue weighted by Crippen LogP contribution is 2.75. The molecule has 7 fully saturated rings. The minimum atomic E-state index is -1.13. The van der Waals surface area contributed by atoms with Crippen LogP contribution in [0.1, 0.15) is 122 Å². The molecule has 1 aromatic heterocycles. The predicted octanol–water partition coefficient (Wildman–Crippen LogP) is 6.08. The number of fused-ring (bicyclic) bond motifs is 12. The van der Waals surface area contributed by atoms with Gasteiger partial charge in [-0.2, -0.15) is 0 Å².